The summed E-state index contributed by atoms with van der Waals surface area (Å²) in [6, 6.07) is 22.9. The Morgan fingerprint density at radius 1 is 0.600 bits per heavy atom. The van der Waals surface area contributed by atoms with Crippen molar-refractivity contribution in [1.82, 2.24) is 0 Å². The van der Waals surface area contributed by atoms with E-state index in [1.165, 1.54) is 0 Å². The van der Waals surface area contributed by atoms with Crippen LogP contribution in [-0.4, -0.2) is 63.8 Å². The molecule has 0 spiro atoms. The van der Waals surface area contributed by atoms with Gasteiger partial charge in [0.05, 0.1) is 13.2 Å². The predicted octanol–water partition coefficient (Wildman–Crippen LogP) is 6.68. The zero-order chi connectivity index (χ0) is 35.8. The molecule has 8 nitrogen and oxygen atoms in total. The summed E-state index contributed by atoms with van der Waals surface area (Å²) in [7, 11) is 0. The fourth-order valence-corrected chi connectivity index (χ4v) is 4.59. The maximum atomic E-state index is 12.1. The standard InChI is InChI=1S/C42H46O8/c1-5-45-39(41(43)47-7-3)31-35-20-24-37(25-21-35)49-28-13-9-11-16-33-18-15-19-34(30-33)17-12-10-14-29-50-38-26-22-36(23-27-38)32-40(46-6-2)42(44)48-8-4/h9-10,13-15,18-27,30,39-40H,5-8,28-29,31-32H2,1-4H3/t39-,40-/m0/s1. The van der Waals surface area contributed by atoms with Crippen LogP contribution >= 0.6 is 0 Å². The van der Waals surface area contributed by atoms with Crippen molar-refractivity contribution in [2.24, 2.45) is 0 Å². The highest BCUT2D eigenvalue weighted by molar-refractivity contribution is 5.75. The Balaban J connectivity index is 1.40. The number of carbonyl (C=O) groups excluding carboxylic acids is 2. The maximum absolute atomic E-state index is 12.1. The third kappa shape index (κ3) is 14.9. The zero-order valence-corrected chi connectivity index (χ0v) is 29.3. The highest BCUT2D eigenvalue weighted by Crippen LogP contribution is 2.16. The van der Waals surface area contributed by atoms with Gasteiger partial charge in [0, 0.05) is 37.2 Å². The van der Waals surface area contributed by atoms with Crippen LogP contribution in [0.25, 0.3) is 0 Å². The van der Waals surface area contributed by atoms with Crippen LogP contribution in [0.15, 0.2) is 97.1 Å². The molecule has 0 bridgehead atoms. The van der Waals surface area contributed by atoms with Gasteiger partial charge in [0.25, 0.3) is 0 Å². The van der Waals surface area contributed by atoms with Crippen molar-refractivity contribution in [2.75, 3.05) is 39.6 Å². The predicted molar refractivity (Wildman–Crippen MR) is 194 cm³/mol. The summed E-state index contributed by atoms with van der Waals surface area (Å²) < 4.78 is 32.8. The Hall–Kier alpha value is -5.28. The lowest BCUT2D eigenvalue weighted by atomic mass is 10.1. The summed E-state index contributed by atoms with van der Waals surface area (Å²) >= 11 is 0. The van der Waals surface area contributed by atoms with Gasteiger partial charge in [0.2, 0.25) is 0 Å². The maximum Gasteiger partial charge on any atom is 0.335 e. The van der Waals surface area contributed by atoms with Crippen LogP contribution in [0.3, 0.4) is 0 Å². The molecule has 0 saturated carbocycles. The summed E-state index contributed by atoms with van der Waals surface area (Å²) in [6.07, 6.45) is 6.86. The summed E-state index contributed by atoms with van der Waals surface area (Å²) in [4.78, 5) is 24.2. The van der Waals surface area contributed by atoms with Gasteiger partial charge >= 0.3 is 11.9 Å². The second-order valence-corrected chi connectivity index (χ2v) is 10.6. The van der Waals surface area contributed by atoms with Gasteiger partial charge < -0.3 is 28.4 Å². The lowest BCUT2D eigenvalue weighted by Gasteiger charge is -2.15. The van der Waals surface area contributed by atoms with Crippen molar-refractivity contribution in [1.29, 1.82) is 0 Å². The third-order valence-electron chi connectivity index (χ3n) is 6.91. The summed E-state index contributed by atoms with van der Waals surface area (Å²) in [5, 5.41) is 0. The van der Waals surface area contributed by atoms with Gasteiger partial charge in [-0.2, -0.15) is 0 Å². The van der Waals surface area contributed by atoms with E-state index in [1.807, 2.05) is 98.8 Å². The van der Waals surface area contributed by atoms with Crippen LogP contribution in [0.1, 0.15) is 49.9 Å². The topological polar surface area (TPSA) is 89.5 Å². The van der Waals surface area contributed by atoms with E-state index in [2.05, 4.69) is 23.7 Å². The minimum absolute atomic E-state index is 0.322. The van der Waals surface area contributed by atoms with Crippen molar-refractivity contribution in [3.8, 4) is 35.2 Å². The molecule has 262 valence electrons. The molecule has 0 amide bonds. The molecule has 0 fully saturated rings. The lowest BCUT2D eigenvalue weighted by Crippen LogP contribution is -2.28. The van der Waals surface area contributed by atoms with Crippen LogP contribution in [-0.2, 0) is 41.4 Å². The quantitative estimate of drug-likeness (QED) is 0.109. The Morgan fingerprint density at radius 2 is 1.02 bits per heavy atom. The number of allylic oxidation sites excluding steroid dienone is 2. The molecule has 0 radical (unpaired) electrons. The highest BCUT2D eigenvalue weighted by Gasteiger charge is 2.21. The van der Waals surface area contributed by atoms with Crippen LogP contribution in [0, 0.1) is 23.7 Å². The molecule has 3 aromatic rings. The Labute approximate surface area is 296 Å². The van der Waals surface area contributed by atoms with E-state index in [1.54, 1.807) is 26.0 Å². The van der Waals surface area contributed by atoms with Crippen molar-refractivity contribution in [3.63, 3.8) is 0 Å². The van der Waals surface area contributed by atoms with E-state index >= 15 is 0 Å². The summed E-state index contributed by atoms with van der Waals surface area (Å²) in [5.74, 6) is 13.0. The van der Waals surface area contributed by atoms with Crippen LogP contribution < -0.4 is 9.47 Å². The van der Waals surface area contributed by atoms with Gasteiger partial charge in [-0.25, -0.2) is 9.59 Å². The number of ether oxygens (including phenoxy) is 6. The number of carbonyl (C=O) groups is 2. The molecule has 8 heteroatoms. The zero-order valence-electron chi connectivity index (χ0n) is 29.3. The lowest BCUT2D eigenvalue weighted by molar-refractivity contribution is -0.157. The van der Waals surface area contributed by atoms with E-state index in [9.17, 15) is 9.59 Å². The van der Waals surface area contributed by atoms with E-state index in [-0.39, 0.29) is 11.9 Å². The van der Waals surface area contributed by atoms with E-state index < -0.39 is 12.2 Å². The van der Waals surface area contributed by atoms with Gasteiger partial charge in [0.1, 0.15) is 24.7 Å². The number of hydrogen-bond acceptors (Lipinski definition) is 8. The van der Waals surface area contributed by atoms with Gasteiger partial charge in [-0.3, -0.25) is 0 Å². The molecule has 0 aliphatic heterocycles. The molecule has 3 aromatic carbocycles. The first-order valence-electron chi connectivity index (χ1n) is 16.9. The van der Waals surface area contributed by atoms with Gasteiger partial charge in [-0.1, -0.05) is 54.0 Å². The normalized spacial score (nSPS) is 11.9. The number of hydrogen-bond donors (Lipinski definition) is 0. The van der Waals surface area contributed by atoms with Crippen LogP contribution in [0.2, 0.25) is 0 Å². The molecule has 0 aliphatic carbocycles. The molecular weight excluding hydrogens is 632 g/mol. The van der Waals surface area contributed by atoms with Crippen molar-refractivity contribution in [3.05, 3.63) is 119 Å². The average molecular weight is 679 g/mol. The molecule has 0 aliphatic rings. The van der Waals surface area contributed by atoms with Crippen LogP contribution in [0.5, 0.6) is 11.5 Å². The molecule has 0 aromatic heterocycles. The monoisotopic (exact) mass is 678 g/mol. The Morgan fingerprint density at radius 3 is 1.40 bits per heavy atom. The average Bonchev–Trinajstić information content (AvgIpc) is 3.12. The van der Waals surface area contributed by atoms with Gasteiger partial charge in [0.15, 0.2) is 12.2 Å². The summed E-state index contributed by atoms with van der Waals surface area (Å²) in [5.41, 5.74) is 3.64. The molecule has 3 rings (SSSR count). The number of benzene rings is 3. The molecule has 0 heterocycles. The van der Waals surface area contributed by atoms with Crippen molar-refractivity contribution in [2.45, 2.75) is 52.7 Å². The van der Waals surface area contributed by atoms with Gasteiger partial charge in [-0.05, 0) is 106 Å². The van der Waals surface area contributed by atoms with E-state index in [0.717, 1.165) is 33.8 Å². The number of esters is 2. The second-order valence-electron chi connectivity index (χ2n) is 10.6. The third-order valence-corrected chi connectivity index (χ3v) is 6.91. The Kier molecular flexibility index (Phi) is 18.1. The first-order chi connectivity index (χ1) is 24.4. The second kappa shape index (κ2) is 23.1. The van der Waals surface area contributed by atoms with Crippen molar-refractivity contribution < 1.29 is 38.0 Å². The largest absolute Gasteiger partial charge is 0.490 e. The highest BCUT2D eigenvalue weighted by atomic mass is 16.6. The van der Waals surface area contributed by atoms with Crippen molar-refractivity contribution >= 4 is 11.9 Å². The fourth-order valence-electron chi connectivity index (χ4n) is 4.59. The number of rotatable bonds is 18. The molecule has 0 unspecified atom stereocenters. The van der Waals surface area contributed by atoms with Crippen LogP contribution in [0.4, 0.5) is 0 Å². The first kappa shape index (κ1) is 39.2. The molecule has 2 atom stereocenters. The summed E-state index contributed by atoms with van der Waals surface area (Å²) in [6.45, 7) is 9.53. The molecule has 50 heavy (non-hydrogen) atoms. The molecule has 0 saturated heterocycles. The molecule has 0 N–H and O–H groups in total. The molecular formula is C42H46O8. The SMILES string of the molecule is CCOC(=O)[C@H](Cc1ccc(OCC=CC#Cc2cccc(C#CC=CCOc3ccc(C[C@H](OCC)C(=O)OCC)cc3)c2)cc1)OCC. The first-order valence-corrected chi connectivity index (χ1v) is 16.9. The minimum atomic E-state index is -0.618. The Bertz CT molecular complexity index is 1530. The smallest absolute Gasteiger partial charge is 0.335 e. The fraction of sp³-hybridized carbons (Fsp3) is 0.333. The van der Waals surface area contributed by atoms with E-state index in [4.69, 9.17) is 28.4 Å². The minimum Gasteiger partial charge on any atom is -0.490 e. The van der Waals surface area contributed by atoms with Gasteiger partial charge in [-0.15, -0.1) is 0 Å². The van der Waals surface area contributed by atoms with E-state index in [0.29, 0.717) is 52.5 Å².